The van der Waals surface area contributed by atoms with E-state index in [1.54, 1.807) is 0 Å². The van der Waals surface area contributed by atoms with Gasteiger partial charge in [-0.25, -0.2) is 0 Å². The molecule has 0 atom stereocenters. The van der Waals surface area contributed by atoms with Gasteiger partial charge in [-0.2, -0.15) is 0 Å². The number of allylic oxidation sites excluding steroid dienone is 2. The number of rotatable bonds is 1. The standard InChI is InChI=1S/C6H10O.C2H6/c1-5(2)6(3)4-7;1-2/h4,7H,1H2,2-3H3;1-2H3/b6-4-;. The molecule has 0 aromatic rings. The van der Waals surface area contributed by atoms with Gasteiger partial charge in [-0.05, 0) is 19.4 Å². The minimum Gasteiger partial charge on any atom is -0.515 e. The first kappa shape index (κ1) is 11.1. The largest absolute Gasteiger partial charge is 0.515 e. The summed E-state index contributed by atoms with van der Waals surface area (Å²) >= 11 is 0. The van der Waals surface area contributed by atoms with Gasteiger partial charge in [-0.1, -0.05) is 26.0 Å². The van der Waals surface area contributed by atoms with E-state index in [4.69, 9.17) is 5.11 Å². The average Bonchev–Trinajstić information content (AvgIpc) is 1.91. The van der Waals surface area contributed by atoms with Crippen LogP contribution < -0.4 is 0 Å². The molecule has 0 aliphatic rings. The van der Waals surface area contributed by atoms with Crippen molar-refractivity contribution in [3.63, 3.8) is 0 Å². The third-order valence-corrected chi connectivity index (χ3v) is 0.867. The first-order valence-corrected chi connectivity index (χ1v) is 3.15. The van der Waals surface area contributed by atoms with Crippen LogP contribution in [0, 0.1) is 0 Å². The van der Waals surface area contributed by atoms with Crippen molar-refractivity contribution >= 4 is 0 Å². The predicted octanol–water partition coefficient (Wildman–Crippen LogP) is 3.05. The Hall–Kier alpha value is -0.720. The van der Waals surface area contributed by atoms with E-state index in [1.807, 2.05) is 27.7 Å². The van der Waals surface area contributed by atoms with E-state index >= 15 is 0 Å². The molecule has 1 N–H and O–H groups in total. The van der Waals surface area contributed by atoms with Crippen molar-refractivity contribution in [2.75, 3.05) is 0 Å². The normalized spacial score (nSPS) is 9.56. The molecule has 1 heteroatoms. The molecule has 0 fully saturated rings. The van der Waals surface area contributed by atoms with Gasteiger partial charge in [-0.3, -0.25) is 0 Å². The Bertz CT molecular complexity index is 101. The Labute approximate surface area is 57.7 Å². The van der Waals surface area contributed by atoms with Crippen LogP contribution in [-0.4, -0.2) is 5.11 Å². The summed E-state index contributed by atoms with van der Waals surface area (Å²) in [5, 5.41) is 8.28. The fourth-order valence-corrected chi connectivity index (χ4v) is 0.110. The highest BCUT2D eigenvalue weighted by Crippen LogP contribution is 2.01. The molecule has 54 valence electrons. The summed E-state index contributed by atoms with van der Waals surface area (Å²) in [7, 11) is 0. The van der Waals surface area contributed by atoms with Gasteiger partial charge >= 0.3 is 0 Å². The molecule has 0 heterocycles. The van der Waals surface area contributed by atoms with Crippen molar-refractivity contribution in [2.45, 2.75) is 27.7 Å². The maximum absolute atomic E-state index is 8.28. The summed E-state index contributed by atoms with van der Waals surface area (Å²) in [6, 6.07) is 0. The Morgan fingerprint density at radius 1 is 1.33 bits per heavy atom. The van der Waals surface area contributed by atoms with Crippen LogP contribution in [0.3, 0.4) is 0 Å². The lowest BCUT2D eigenvalue weighted by molar-refractivity contribution is 0.468. The molecule has 0 radical (unpaired) electrons. The highest BCUT2D eigenvalue weighted by molar-refractivity contribution is 5.20. The Balaban J connectivity index is 0. The molecular formula is C8H16O. The third-order valence-electron chi connectivity index (χ3n) is 0.867. The van der Waals surface area contributed by atoms with Crippen LogP contribution in [0.4, 0.5) is 0 Å². The molecule has 9 heavy (non-hydrogen) atoms. The lowest BCUT2D eigenvalue weighted by Gasteiger charge is -1.90. The van der Waals surface area contributed by atoms with E-state index in [1.165, 1.54) is 0 Å². The molecule has 0 saturated carbocycles. The maximum Gasteiger partial charge on any atom is 0.0823 e. The van der Waals surface area contributed by atoms with Crippen molar-refractivity contribution < 1.29 is 5.11 Å². The van der Waals surface area contributed by atoms with E-state index in [-0.39, 0.29) is 0 Å². The van der Waals surface area contributed by atoms with E-state index < -0.39 is 0 Å². The molecule has 0 unspecified atom stereocenters. The second kappa shape index (κ2) is 7.28. The second-order valence-corrected chi connectivity index (χ2v) is 1.59. The predicted molar refractivity (Wildman–Crippen MR) is 42.5 cm³/mol. The Morgan fingerprint density at radius 2 is 1.67 bits per heavy atom. The fraction of sp³-hybridized carbons (Fsp3) is 0.500. The molecule has 0 bridgehead atoms. The number of hydrogen-bond donors (Lipinski definition) is 1. The highest BCUT2D eigenvalue weighted by atomic mass is 16.2. The molecule has 0 rings (SSSR count). The SMILES string of the molecule is C=C(C)/C(C)=C\O.CC. The summed E-state index contributed by atoms with van der Waals surface area (Å²) in [6.45, 7) is 11.3. The van der Waals surface area contributed by atoms with E-state index in [0.717, 1.165) is 17.4 Å². The van der Waals surface area contributed by atoms with Gasteiger partial charge in [0.15, 0.2) is 0 Å². The minimum atomic E-state index is 0.833. The van der Waals surface area contributed by atoms with Crippen LogP contribution >= 0.6 is 0 Å². The first-order chi connectivity index (χ1) is 4.18. The molecule has 0 aromatic heterocycles. The van der Waals surface area contributed by atoms with Gasteiger partial charge in [0, 0.05) is 0 Å². The quantitative estimate of drug-likeness (QED) is 0.425. The molecule has 0 aromatic carbocycles. The van der Waals surface area contributed by atoms with Gasteiger partial charge in [0.1, 0.15) is 0 Å². The molecule has 0 aliphatic carbocycles. The van der Waals surface area contributed by atoms with Gasteiger partial charge in [0.2, 0.25) is 0 Å². The van der Waals surface area contributed by atoms with Gasteiger partial charge in [0.25, 0.3) is 0 Å². The molecular weight excluding hydrogens is 112 g/mol. The van der Waals surface area contributed by atoms with Crippen LogP contribution in [0.25, 0.3) is 0 Å². The summed E-state index contributed by atoms with van der Waals surface area (Å²) in [5.41, 5.74) is 1.74. The van der Waals surface area contributed by atoms with Crippen molar-refractivity contribution in [2.24, 2.45) is 0 Å². The van der Waals surface area contributed by atoms with Gasteiger partial charge in [-0.15, -0.1) is 0 Å². The van der Waals surface area contributed by atoms with Crippen molar-refractivity contribution in [3.05, 3.63) is 24.0 Å². The molecule has 0 aliphatic heterocycles. The van der Waals surface area contributed by atoms with E-state index in [0.29, 0.717) is 0 Å². The van der Waals surface area contributed by atoms with Crippen LogP contribution in [0.2, 0.25) is 0 Å². The Morgan fingerprint density at radius 3 is 1.67 bits per heavy atom. The summed E-state index contributed by atoms with van der Waals surface area (Å²) in [5.74, 6) is 0. The monoisotopic (exact) mass is 128 g/mol. The van der Waals surface area contributed by atoms with Crippen LogP contribution in [-0.2, 0) is 0 Å². The van der Waals surface area contributed by atoms with Crippen LogP contribution in [0.15, 0.2) is 24.0 Å². The van der Waals surface area contributed by atoms with Gasteiger partial charge in [0.05, 0.1) is 6.26 Å². The van der Waals surface area contributed by atoms with Crippen LogP contribution in [0.1, 0.15) is 27.7 Å². The number of aliphatic hydroxyl groups is 1. The highest BCUT2D eigenvalue weighted by Gasteiger charge is 1.83. The average molecular weight is 128 g/mol. The first-order valence-electron chi connectivity index (χ1n) is 3.15. The zero-order valence-electron chi connectivity index (χ0n) is 6.73. The molecule has 0 saturated heterocycles. The zero-order valence-corrected chi connectivity index (χ0v) is 6.73. The lowest BCUT2D eigenvalue weighted by Crippen LogP contribution is -1.73. The third kappa shape index (κ3) is 7.28. The number of hydrogen-bond acceptors (Lipinski definition) is 1. The lowest BCUT2D eigenvalue weighted by atomic mass is 10.2. The second-order valence-electron chi connectivity index (χ2n) is 1.59. The van der Waals surface area contributed by atoms with E-state index in [2.05, 4.69) is 6.58 Å². The van der Waals surface area contributed by atoms with Crippen molar-refractivity contribution in [1.29, 1.82) is 0 Å². The van der Waals surface area contributed by atoms with Crippen molar-refractivity contribution in [1.82, 2.24) is 0 Å². The summed E-state index contributed by atoms with van der Waals surface area (Å²) in [4.78, 5) is 0. The minimum absolute atomic E-state index is 0.833. The van der Waals surface area contributed by atoms with E-state index in [9.17, 15) is 0 Å². The summed E-state index contributed by atoms with van der Waals surface area (Å²) in [6.07, 6.45) is 1.06. The maximum atomic E-state index is 8.28. The van der Waals surface area contributed by atoms with Gasteiger partial charge < -0.3 is 5.11 Å². The molecule has 0 amide bonds. The Kier molecular flexibility index (Phi) is 9.00. The zero-order chi connectivity index (χ0) is 7.86. The fourth-order valence-electron chi connectivity index (χ4n) is 0.110. The topological polar surface area (TPSA) is 20.2 Å². The molecule has 1 nitrogen and oxygen atoms in total. The molecule has 0 spiro atoms. The smallest absolute Gasteiger partial charge is 0.0823 e. The summed E-state index contributed by atoms with van der Waals surface area (Å²) < 4.78 is 0. The van der Waals surface area contributed by atoms with Crippen molar-refractivity contribution in [3.8, 4) is 0 Å². The van der Waals surface area contributed by atoms with Crippen LogP contribution in [0.5, 0.6) is 0 Å². The number of aliphatic hydroxyl groups excluding tert-OH is 1.